The highest BCUT2D eigenvalue weighted by Gasteiger charge is 2.15. The molecule has 0 unspecified atom stereocenters. The van der Waals surface area contributed by atoms with E-state index in [4.69, 9.17) is 10.00 Å². The van der Waals surface area contributed by atoms with Crippen LogP contribution in [0.1, 0.15) is 6.92 Å². The highest BCUT2D eigenvalue weighted by atomic mass is 16.5. The summed E-state index contributed by atoms with van der Waals surface area (Å²) in [7, 11) is 3.87. The summed E-state index contributed by atoms with van der Waals surface area (Å²) in [5.74, 6) is -1.42. The van der Waals surface area contributed by atoms with Crippen molar-refractivity contribution in [2.75, 3.05) is 33.8 Å². The molecule has 0 fully saturated rings. The van der Waals surface area contributed by atoms with Crippen LogP contribution in [-0.4, -0.2) is 50.9 Å². The third-order valence-electron chi connectivity index (χ3n) is 1.61. The molecule has 5 heteroatoms. The van der Waals surface area contributed by atoms with Crippen LogP contribution < -0.4 is 0 Å². The molecular weight excluding hydrogens is 194 g/mol. The molecule has 1 atom stereocenters. The Morgan fingerprint density at radius 1 is 1.67 bits per heavy atom. The summed E-state index contributed by atoms with van der Waals surface area (Å²) in [5.41, 5.74) is 0. The number of likely N-dealkylation sites (N-methyl/N-ethyl adjacent to an activating group) is 1. The Balaban J connectivity index is 3.99. The minimum Gasteiger partial charge on any atom is -0.465 e. The Kier molecular flexibility index (Phi) is 7.20. The lowest BCUT2D eigenvalue weighted by atomic mass is 10.2. The fourth-order valence-electron chi connectivity index (χ4n) is 0.817. The lowest BCUT2D eigenvalue weighted by Gasteiger charge is -2.06. The van der Waals surface area contributed by atoms with Crippen molar-refractivity contribution in [2.45, 2.75) is 6.92 Å². The molecule has 0 heterocycles. The average Bonchev–Trinajstić information content (AvgIpc) is 2.17. The van der Waals surface area contributed by atoms with Gasteiger partial charge in [-0.1, -0.05) is 0 Å². The molecule has 0 radical (unpaired) electrons. The lowest BCUT2D eigenvalue weighted by molar-refractivity contribution is -0.143. The van der Waals surface area contributed by atoms with Gasteiger partial charge in [-0.05, 0) is 21.0 Å². The quantitative estimate of drug-likeness (QED) is 0.469. The molecule has 5 nitrogen and oxygen atoms in total. The van der Waals surface area contributed by atoms with E-state index in [9.17, 15) is 4.79 Å². The molecule has 15 heavy (non-hydrogen) atoms. The van der Waals surface area contributed by atoms with Crippen molar-refractivity contribution in [2.24, 2.45) is 10.9 Å². The van der Waals surface area contributed by atoms with Crippen molar-refractivity contribution in [1.82, 2.24) is 4.90 Å². The van der Waals surface area contributed by atoms with Crippen LogP contribution in [0, 0.1) is 17.2 Å². The smallest absolute Gasteiger partial charge is 0.328 e. The van der Waals surface area contributed by atoms with Gasteiger partial charge in [0.25, 0.3) is 0 Å². The Bertz CT molecular complexity index is 256. The van der Waals surface area contributed by atoms with Crippen LogP contribution in [-0.2, 0) is 9.53 Å². The number of nitriles is 1. The first-order chi connectivity index (χ1) is 7.11. The second-order valence-electron chi connectivity index (χ2n) is 3.22. The molecule has 0 aliphatic heterocycles. The van der Waals surface area contributed by atoms with Gasteiger partial charge in [-0.2, -0.15) is 5.26 Å². The Labute approximate surface area is 90.3 Å². The van der Waals surface area contributed by atoms with E-state index < -0.39 is 11.9 Å². The van der Waals surface area contributed by atoms with Crippen LogP contribution >= 0.6 is 0 Å². The van der Waals surface area contributed by atoms with E-state index in [-0.39, 0.29) is 6.61 Å². The number of rotatable bonds is 6. The van der Waals surface area contributed by atoms with E-state index in [1.807, 2.05) is 25.1 Å². The van der Waals surface area contributed by atoms with Crippen molar-refractivity contribution >= 4 is 12.2 Å². The van der Waals surface area contributed by atoms with Crippen LogP contribution in [0.2, 0.25) is 0 Å². The highest BCUT2D eigenvalue weighted by Crippen LogP contribution is 1.95. The molecule has 0 saturated heterocycles. The first-order valence-corrected chi connectivity index (χ1v) is 4.82. The normalized spacial score (nSPS) is 12.7. The van der Waals surface area contributed by atoms with Gasteiger partial charge in [-0.25, -0.2) is 0 Å². The summed E-state index contributed by atoms with van der Waals surface area (Å²) in [4.78, 5) is 17.1. The first-order valence-electron chi connectivity index (χ1n) is 4.82. The minimum atomic E-state index is -0.882. The van der Waals surface area contributed by atoms with E-state index in [1.54, 1.807) is 6.92 Å². The molecule has 0 aromatic carbocycles. The summed E-state index contributed by atoms with van der Waals surface area (Å²) in [6, 6.07) is 1.84. The van der Waals surface area contributed by atoms with Crippen LogP contribution in [0.15, 0.2) is 4.99 Å². The van der Waals surface area contributed by atoms with Crippen LogP contribution in [0.4, 0.5) is 0 Å². The van der Waals surface area contributed by atoms with Crippen LogP contribution in [0.25, 0.3) is 0 Å². The van der Waals surface area contributed by atoms with Crippen molar-refractivity contribution in [3.63, 3.8) is 0 Å². The monoisotopic (exact) mass is 211 g/mol. The number of carbonyl (C=O) groups is 1. The zero-order valence-corrected chi connectivity index (χ0v) is 9.43. The second-order valence-corrected chi connectivity index (χ2v) is 3.22. The van der Waals surface area contributed by atoms with E-state index in [2.05, 4.69) is 4.99 Å². The largest absolute Gasteiger partial charge is 0.465 e. The summed E-state index contributed by atoms with van der Waals surface area (Å²) in [5, 5.41) is 8.68. The maximum Gasteiger partial charge on any atom is 0.328 e. The van der Waals surface area contributed by atoms with Gasteiger partial charge in [-0.3, -0.25) is 9.79 Å². The maximum atomic E-state index is 11.2. The minimum absolute atomic E-state index is 0.280. The van der Waals surface area contributed by atoms with E-state index in [0.29, 0.717) is 6.54 Å². The molecule has 0 rings (SSSR count). The summed E-state index contributed by atoms with van der Waals surface area (Å²) in [6.45, 7) is 3.35. The summed E-state index contributed by atoms with van der Waals surface area (Å²) in [6.07, 6.45) is 1.35. The van der Waals surface area contributed by atoms with Gasteiger partial charge in [0.05, 0.1) is 19.2 Å². The van der Waals surface area contributed by atoms with Gasteiger partial charge < -0.3 is 9.64 Å². The topological polar surface area (TPSA) is 65.7 Å². The van der Waals surface area contributed by atoms with Gasteiger partial charge in [-0.15, -0.1) is 0 Å². The fourth-order valence-corrected chi connectivity index (χ4v) is 0.817. The lowest BCUT2D eigenvalue weighted by Crippen LogP contribution is -2.19. The molecule has 0 bridgehead atoms. The van der Waals surface area contributed by atoms with Gasteiger partial charge in [0.15, 0.2) is 5.92 Å². The van der Waals surface area contributed by atoms with Gasteiger partial charge in [0, 0.05) is 12.8 Å². The number of ether oxygens (including phenoxy) is 1. The Morgan fingerprint density at radius 2 is 2.33 bits per heavy atom. The predicted octanol–water partition coefficient (Wildman–Crippen LogP) is 0.322. The van der Waals surface area contributed by atoms with Gasteiger partial charge in [0.2, 0.25) is 0 Å². The molecule has 0 spiro atoms. The number of hydrogen-bond acceptors (Lipinski definition) is 5. The van der Waals surface area contributed by atoms with E-state index in [0.717, 1.165) is 6.54 Å². The van der Waals surface area contributed by atoms with E-state index in [1.165, 1.54) is 6.21 Å². The number of esters is 1. The molecule has 0 saturated carbocycles. The van der Waals surface area contributed by atoms with Gasteiger partial charge in [0.1, 0.15) is 0 Å². The summed E-state index contributed by atoms with van der Waals surface area (Å²) < 4.78 is 4.71. The number of hydrogen-bond donors (Lipinski definition) is 0. The molecule has 0 aliphatic carbocycles. The average molecular weight is 211 g/mol. The second kappa shape index (κ2) is 7.94. The van der Waals surface area contributed by atoms with Crippen molar-refractivity contribution in [3.05, 3.63) is 0 Å². The standard InChI is InChI=1S/C10H17N3O2/c1-4-15-10(14)9(7-11)8-12-5-6-13(2)3/h8-9H,4-6H2,1-3H3/t9-/m0/s1. The number of carbonyl (C=O) groups excluding carboxylic acids is 1. The van der Waals surface area contributed by atoms with Gasteiger partial charge >= 0.3 is 5.97 Å². The predicted molar refractivity (Wildman–Crippen MR) is 57.6 cm³/mol. The maximum absolute atomic E-state index is 11.2. The molecule has 0 N–H and O–H groups in total. The highest BCUT2D eigenvalue weighted by molar-refractivity contribution is 5.92. The van der Waals surface area contributed by atoms with Crippen molar-refractivity contribution in [3.8, 4) is 6.07 Å². The van der Waals surface area contributed by atoms with Crippen molar-refractivity contribution < 1.29 is 9.53 Å². The molecule has 0 amide bonds. The Morgan fingerprint density at radius 3 is 2.80 bits per heavy atom. The molecular formula is C10H17N3O2. The fraction of sp³-hybridized carbons (Fsp3) is 0.700. The summed E-state index contributed by atoms with van der Waals surface area (Å²) >= 11 is 0. The molecule has 0 aliphatic rings. The Hall–Kier alpha value is -1.41. The van der Waals surface area contributed by atoms with Crippen LogP contribution in [0.5, 0.6) is 0 Å². The number of aliphatic imine (C=N–C) groups is 1. The number of nitrogens with zero attached hydrogens (tertiary/aromatic N) is 3. The van der Waals surface area contributed by atoms with E-state index >= 15 is 0 Å². The third kappa shape index (κ3) is 6.63. The first kappa shape index (κ1) is 13.6. The van der Waals surface area contributed by atoms with Crippen molar-refractivity contribution in [1.29, 1.82) is 5.26 Å². The van der Waals surface area contributed by atoms with Crippen LogP contribution in [0.3, 0.4) is 0 Å². The zero-order valence-electron chi connectivity index (χ0n) is 9.43. The third-order valence-corrected chi connectivity index (χ3v) is 1.61. The molecule has 0 aromatic rings. The SMILES string of the molecule is CCOC(=O)[C@@H](C#N)C=NCCN(C)C. The molecule has 0 aromatic heterocycles. The zero-order chi connectivity index (χ0) is 11.7. The molecule has 84 valence electrons.